The number of hydrogen-bond acceptors (Lipinski definition) is 2. The van der Waals surface area contributed by atoms with E-state index in [1.165, 1.54) is 25.9 Å². The predicted octanol–water partition coefficient (Wildman–Crippen LogP) is 1.96. The van der Waals surface area contributed by atoms with Crippen molar-refractivity contribution in [1.82, 2.24) is 10.2 Å². The number of nitrogens with one attached hydrogen (secondary N) is 1. The van der Waals surface area contributed by atoms with Crippen molar-refractivity contribution in [3.05, 3.63) is 0 Å². The van der Waals surface area contributed by atoms with Crippen LogP contribution in [0.2, 0.25) is 0 Å². The Kier molecular flexibility index (Phi) is 4.39. The van der Waals surface area contributed by atoms with E-state index in [0.717, 1.165) is 19.0 Å². The lowest BCUT2D eigenvalue weighted by Crippen LogP contribution is -2.31. The fourth-order valence-electron chi connectivity index (χ4n) is 1.93. The molecule has 0 bridgehead atoms. The van der Waals surface area contributed by atoms with E-state index < -0.39 is 0 Å². The van der Waals surface area contributed by atoms with E-state index in [-0.39, 0.29) is 0 Å². The standard InChI is InChI=1S/C12H26N2/c1-5-6-13-7-8-14(4)10-11-9-12(11,2)3/h11,13H,5-10H2,1-4H3. The van der Waals surface area contributed by atoms with Crippen LogP contribution in [0, 0.1) is 11.3 Å². The molecule has 84 valence electrons. The molecule has 0 spiro atoms. The summed E-state index contributed by atoms with van der Waals surface area (Å²) in [6.45, 7) is 11.7. The Morgan fingerprint density at radius 3 is 2.50 bits per heavy atom. The van der Waals surface area contributed by atoms with Gasteiger partial charge < -0.3 is 10.2 Å². The highest BCUT2D eigenvalue weighted by atomic mass is 15.1. The number of hydrogen-bond donors (Lipinski definition) is 1. The molecular weight excluding hydrogens is 172 g/mol. The van der Waals surface area contributed by atoms with Gasteiger partial charge in [0.2, 0.25) is 0 Å². The van der Waals surface area contributed by atoms with Crippen molar-refractivity contribution >= 4 is 0 Å². The van der Waals surface area contributed by atoms with Crippen molar-refractivity contribution in [2.45, 2.75) is 33.6 Å². The van der Waals surface area contributed by atoms with Crippen LogP contribution in [0.25, 0.3) is 0 Å². The monoisotopic (exact) mass is 198 g/mol. The van der Waals surface area contributed by atoms with Gasteiger partial charge in [0, 0.05) is 19.6 Å². The Morgan fingerprint density at radius 2 is 2.00 bits per heavy atom. The molecule has 0 aromatic rings. The highest BCUT2D eigenvalue weighted by Gasteiger charge is 2.45. The third-order valence-corrected chi connectivity index (χ3v) is 3.35. The van der Waals surface area contributed by atoms with E-state index >= 15 is 0 Å². The molecule has 1 aliphatic rings. The van der Waals surface area contributed by atoms with Crippen molar-refractivity contribution in [3.63, 3.8) is 0 Å². The highest BCUT2D eigenvalue weighted by molar-refractivity contribution is 4.96. The third-order valence-electron chi connectivity index (χ3n) is 3.35. The summed E-state index contributed by atoms with van der Waals surface area (Å²) in [6.07, 6.45) is 2.65. The number of nitrogens with zero attached hydrogens (tertiary/aromatic N) is 1. The molecule has 1 N–H and O–H groups in total. The summed E-state index contributed by atoms with van der Waals surface area (Å²) >= 11 is 0. The zero-order chi connectivity index (χ0) is 10.6. The molecule has 0 aromatic heterocycles. The molecule has 0 heterocycles. The molecule has 1 aliphatic carbocycles. The van der Waals surface area contributed by atoms with Crippen LogP contribution in [0.3, 0.4) is 0 Å². The molecule has 0 aromatic carbocycles. The van der Waals surface area contributed by atoms with Gasteiger partial charge in [-0.15, -0.1) is 0 Å². The topological polar surface area (TPSA) is 15.3 Å². The second-order valence-electron chi connectivity index (χ2n) is 5.40. The van der Waals surface area contributed by atoms with E-state index in [1.807, 2.05) is 0 Å². The maximum Gasteiger partial charge on any atom is 0.0104 e. The largest absolute Gasteiger partial charge is 0.315 e. The Bertz CT molecular complexity index is 166. The average Bonchev–Trinajstić information content (AvgIpc) is 2.68. The van der Waals surface area contributed by atoms with Crippen molar-refractivity contribution in [3.8, 4) is 0 Å². The van der Waals surface area contributed by atoms with Gasteiger partial charge in [0.15, 0.2) is 0 Å². The van der Waals surface area contributed by atoms with Gasteiger partial charge in [-0.25, -0.2) is 0 Å². The molecule has 0 amide bonds. The molecule has 0 saturated heterocycles. The summed E-state index contributed by atoms with van der Waals surface area (Å²) in [7, 11) is 2.24. The van der Waals surface area contributed by atoms with Crippen LogP contribution in [-0.2, 0) is 0 Å². The molecule has 0 aliphatic heterocycles. The van der Waals surface area contributed by atoms with Gasteiger partial charge in [-0.2, -0.15) is 0 Å². The highest BCUT2D eigenvalue weighted by Crippen LogP contribution is 2.51. The first kappa shape index (κ1) is 12.0. The lowest BCUT2D eigenvalue weighted by atomic mass is 10.1. The maximum absolute atomic E-state index is 3.44. The second kappa shape index (κ2) is 5.13. The smallest absolute Gasteiger partial charge is 0.0104 e. The molecule has 0 radical (unpaired) electrons. The van der Waals surface area contributed by atoms with Gasteiger partial charge in [0.1, 0.15) is 0 Å². The molecular formula is C12H26N2. The van der Waals surface area contributed by atoms with Crippen LogP contribution < -0.4 is 5.32 Å². The SMILES string of the molecule is CCCNCCN(C)CC1CC1(C)C. The van der Waals surface area contributed by atoms with Crippen LogP contribution in [0.5, 0.6) is 0 Å². The summed E-state index contributed by atoms with van der Waals surface area (Å²) < 4.78 is 0. The first-order valence-electron chi connectivity index (χ1n) is 5.95. The predicted molar refractivity (Wildman–Crippen MR) is 62.5 cm³/mol. The Balaban J connectivity index is 1.97. The fraction of sp³-hybridized carbons (Fsp3) is 1.00. The Morgan fingerprint density at radius 1 is 1.36 bits per heavy atom. The molecule has 1 fully saturated rings. The lowest BCUT2D eigenvalue weighted by Gasteiger charge is -2.17. The molecule has 1 rings (SSSR count). The number of rotatable bonds is 7. The van der Waals surface area contributed by atoms with E-state index in [1.54, 1.807) is 0 Å². The molecule has 14 heavy (non-hydrogen) atoms. The zero-order valence-corrected chi connectivity index (χ0v) is 10.3. The Labute approximate surface area is 89.1 Å². The first-order chi connectivity index (χ1) is 6.56. The van der Waals surface area contributed by atoms with E-state index in [2.05, 4.69) is 38.0 Å². The third kappa shape index (κ3) is 3.97. The quantitative estimate of drug-likeness (QED) is 0.629. The first-order valence-corrected chi connectivity index (χ1v) is 5.95. The summed E-state index contributed by atoms with van der Waals surface area (Å²) in [5.74, 6) is 0.943. The molecule has 2 nitrogen and oxygen atoms in total. The fourth-order valence-corrected chi connectivity index (χ4v) is 1.93. The van der Waals surface area contributed by atoms with Gasteiger partial charge >= 0.3 is 0 Å². The minimum atomic E-state index is 0.630. The van der Waals surface area contributed by atoms with Crippen LogP contribution in [0.4, 0.5) is 0 Å². The van der Waals surface area contributed by atoms with E-state index in [4.69, 9.17) is 0 Å². The molecule has 1 atom stereocenters. The zero-order valence-electron chi connectivity index (χ0n) is 10.3. The van der Waals surface area contributed by atoms with Gasteiger partial charge in [-0.05, 0) is 37.8 Å². The Hall–Kier alpha value is -0.0800. The minimum absolute atomic E-state index is 0.630. The van der Waals surface area contributed by atoms with Crippen molar-refractivity contribution in [1.29, 1.82) is 0 Å². The molecule has 1 saturated carbocycles. The van der Waals surface area contributed by atoms with Crippen LogP contribution in [-0.4, -0.2) is 38.1 Å². The molecule has 1 unspecified atom stereocenters. The van der Waals surface area contributed by atoms with Crippen molar-refractivity contribution < 1.29 is 0 Å². The van der Waals surface area contributed by atoms with Crippen LogP contribution in [0.15, 0.2) is 0 Å². The van der Waals surface area contributed by atoms with E-state index in [0.29, 0.717) is 5.41 Å². The molecule has 2 heteroatoms. The lowest BCUT2D eigenvalue weighted by molar-refractivity contribution is 0.301. The summed E-state index contributed by atoms with van der Waals surface area (Å²) in [5, 5.41) is 3.44. The van der Waals surface area contributed by atoms with Crippen LogP contribution >= 0.6 is 0 Å². The summed E-state index contributed by atoms with van der Waals surface area (Å²) in [6, 6.07) is 0. The second-order valence-corrected chi connectivity index (χ2v) is 5.40. The number of likely N-dealkylation sites (N-methyl/N-ethyl adjacent to an activating group) is 1. The van der Waals surface area contributed by atoms with Gasteiger partial charge in [0.05, 0.1) is 0 Å². The average molecular weight is 198 g/mol. The van der Waals surface area contributed by atoms with Gasteiger partial charge in [-0.3, -0.25) is 0 Å². The normalized spacial score (nSPS) is 24.2. The van der Waals surface area contributed by atoms with Crippen molar-refractivity contribution in [2.24, 2.45) is 11.3 Å². The van der Waals surface area contributed by atoms with Crippen molar-refractivity contribution in [2.75, 3.05) is 33.2 Å². The van der Waals surface area contributed by atoms with E-state index in [9.17, 15) is 0 Å². The summed E-state index contributed by atoms with van der Waals surface area (Å²) in [5.41, 5.74) is 0.630. The van der Waals surface area contributed by atoms with Crippen LogP contribution in [0.1, 0.15) is 33.6 Å². The maximum atomic E-state index is 3.44. The minimum Gasteiger partial charge on any atom is -0.315 e. The summed E-state index contributed by atoms with van der Waals surface area (Å²) in [4.78, 5) is 2.46. The van der Waals surface area contributed by atoms with Gasteiger partial charge in [-0.1, -0.05) is 20.8 Å². The van der Waals surface area contributed by atoms with Gasteiger partial charge in [0.25, 0.3) is 0 Å².